The maximum atomic E-state index is 11.1. The summed E-state index contributed by atoms with van der Waals surface area (Å²) in [4.78, 5) is 2.26. The molecule has 14 heavy (non-hydrogen) atoms. The summed E-state index contributed by atoms with van der Waals surface area (Å²) >= 11 is 0. The van der Waals surface area contributed by atoms with Gasteiger partial charge in [0.25, 0.3) is 10.2 Å². The molecule has 0 amide bonds. The van der Waals surface area contributed by atoms with E-state index < -0.39 is 10.2 Å². The van der Waals surface area contributed by atoms with E-state index in [0.29, 0.717) is 13.1 Å². The normalized spacial score (nSPS) is 35.9. The van der Waals surface area contributed by atoms with E-state index in [9.17, 15) is 8.42 Å². The molecular weight excluding hydrogens is 202 g/mol. The monoisotopic (exact) mass is 219 g/mol. The Morgan fingerprint density at radius 2 is 1.86 bits per heavy atom. The van der Waals surface area contributed by atoms with E-state index in [1.807, 2.05) is 0 Å². The summed E-state index contributed by atoms with van der Waals surface area (Å²) < 4.78 is 23.7. The van der Waals surface area contributed by atoms with Gasteiger partial charge in [0.05, 0.1) is 0 Å². The first-order valence-electron chi connectivity index (χ1n) is 4.88. The van der Waals surface area contributed by atoms with Gasteiger partial charge in [0, 0.05) is 19.6 Å². The van der Waals surface area contributed by atoms with Crippen LogP contribution in [0.15, 0.2) is 0 Å². The topological polar surface area (TPSA) is 66.6 Å². The Balaban J connectivity index is 2.08. The van der Waals surface area contributed by atoms with E-state index in [2.05, 4.69) is 11.9 Å². The van der Waals surface area contributed by atoms with Crippen LogP contribution >= 0.6 is 0 Å². The maximum Gasteiger partial charge on any atom is 0.276 e. The molecule has 2 saturated heterocycles. The molecule has 1 atom stereocenters. The Morgan fingerprint density at radius 1 is 1.21 bits per heavy atom. The highest BCUT2D eigenvalue weighted by Gasteiger charge is 2.44. The molecule has 2 heterocycles. The van der Waals surface area contributed by atoms with Crippen molar-refractivity contribution in [2.24, 2.45) is 10.6 Å². The van der Waals surface area contributed by atoms with Gasteiger partial charge < -0.3 is 4.90 Å². The third kappa shape index (κ3) is 1.79. The third-order valence-corrected chi connectivity index (χ3v) is 4.42. The van der Waals surface area contributed by atoms with Crippen molar-refractivity contribution in [1.29, 1.82) is 0 Å². The zero-order valence-corrected chi connectivity index (χ0v) is 9.26. The molecule has 0 bridgehead atoms. The van der Waals surface area contributed by atoms with Gasteiger partial charge in [-0.2, -0.15) is 12.7 Å². The molecule has 2 aliphatic heterocycles. The predicted octanol–water partition coefficient (Wildman–Crippen LogP) is -0.782. The SMILES string of the molecule is CN1CCC2(CCN(S(N)(=O)=O)C2)C1. The van der Waals surface area contributed by atoms with Crippen LogP contribution in [0.3, 0.4) is 0 Å². The van der Waals surface area contributed by atoms with Gasteiger partial charge in [-0.15, -0.1) is 0 Å². The number of hydrogen-bond acceptors (Lipinski definition) is 3. The van der Waals surface area contributed by atoms with Crippen molar-refractivity contribution in [2.45, 2.75) is 12.8 Å². The van der Waals surface area contributed by atoms with Crippen LogP contribution in [0.1, 0.15) is 12.8 Å². The van der Waals surface area contributed by atoms with Crippen molar-refractivity contribution in [2.75, 3.05) is 33.2 Å². The zero-order valence-electron chi connectivity index (χ0n) is 8.44. The fourth-order valence-electron chi connectivity index (χ4n) is 2.60. The molecular formula is C8H17N3O2S. The van der Waals surface area contributed by atoms with Crippen molar-refractivity contribution in [1.82, 2.24) is 9.21 Å². The van der Waals surface area contributed by atoms with Crippen molar-refractivity contribution in [3.8, 4) is 0 Å². The van der Waals surface area contributed by atoms with E-state index in [-0.39, 0.29) is 5.41 Å². The molecule has 1 spiro atoms. The Morgan fingerprint density at radius 3 is 2.29 bits per heavy atom. The predicted molar refractivity (Wildman–Crippen MR) is 53.8 cm³/mol. The minimum Gasteiger partial charge on any atom is -0.306 e. The number of likely N-dealkylation sites (tertiary alicyclic amines) is 1. The lowest BCUT2D eigenvalue weighted by Crippen LogP contribution is -2.37. The van der Waals surface area contributed by atoms with Gasteiger partial charge in [-0.25, -0.2) is 5.14 Å². The first-order chi connectivity index (χ1) is 6.41. The Labute approximate surface area is 85.0 Å². The summed E-state index contributed by atoms with van der Waals surface area (Å²) in [5.74, 6) is 0. The molecule has 5 nitrogen and oxygen atoms in total. The lowest BCUT2D eigenvalue weighted by atomic mass is 9.87. The van der Waals surface area contributed by atoms with E-state index in [1.165, 1.54) is 4.31 Å². The molecule has 2 fully saturated rings. The second-order valence-corrected chi connectivity index (χ2v) is 6.16. The van der Waals surface area contributed by atoms with Crippen LogP contribution in [0.2, 0.25) is 0 Å². The maximum absolute atomic E-state index is 11.1. The van der Waals surface area contributed by atoms with Crippen molar-refractivity contribution >= 4 is 10.2 Å². The van der Waals surface area contributed by atoms with Gasteiger partial charge in [-0.3, -0.25) is 0 Å². The fraction of sp³-hybridized carbons (Fsp3) is 1.00. The highest BCUT2D eigenvalue weighted by atomic mass is 32.2. The molecule has 0 aliphatic carbocycles. The van der Waals surface area contributed by atoms with Gasteiger partial charge in [-0.05, 0) is 31.8 Å². The van der Waals surface area contributed by atoms with Gasteiger partial charge in [0.15, 0.2) is 0 Å². The summed E-state index contributed by atoms with van der Waals surface area (Å²) in [7, 11) is -1.39. The smallest absolute Gasteiger partial charge is 0.276 e. The van der Waals surface area contributed by atoms with Crippen LogP contribution in [0.4, 0.5) is 0 Å². The summed E-state index contributed by atoms with van der Waals surface area (Å²) in [6, 6.07) is 0. The number of rotatable bonds is 1. The Hall–Kier alpha value is -0.170. The molecule has 0 aromatic carbocycles. The Kier molecular flexibility index (Phi) is 2.34. The molecule has 2 N–H and O–H groups in total. The van der Waals surface area contributed by atoms with Crippen LogP contribution in [0, 0.1) is 5.41 Å². The van der Waals surface area contributed by atoms with E-state index in [4.69, 9.17) is 5.14 Å². The first kappa shape index (κ1) is 10.4. The summed E-state index contributed by atoms with van der Waals surface area (Å²) in [6.45, 7) is 3.26. The second-order valence-electron chi connectivity index (χ2n) is 4.62. The number of nitrogens with two attached hydrogens (primary N) is 1. The zero-order chi connectivity index (χ0) is 10.4. The van der Waals surface area contributed by atoms with Crippen molar-refractivity contribution < 1.29 is 8.42 Å². The van der Waals surface area contributed by atoms with Crippen LogP contribution in [0.25, 0.3) is 0 Å². The van der Waals surface area contributed by atoms with Gasteiger partial charge in [0.1, 0.15) is 0 Å². The summed E-state index contributed by atoms with van der Waals surface area (Å²) in [5, 5.41) is 5.11. The molecule has 1 unspecified atom stereocenters. The Bertz CT molecular complexity index is 329. The highest BCUT2D eigenvalue weighted by molar-refractivity contribution is 7.86. The van der Waals surface area contributed by atoms with Gasteiger partial charge >= 0.3 is 0 Å². The minimum atomic E-state index is -3.47. The minimum absolute atomic E-state index is 0.182. The van der Waals surface area contributed by atoms with E-state index >= 15 is 0 Å². The van der Waals surface area contributed by atoms with Gasteiger partial charge in [-0.1, -0.05) is 0 Å². The molecule has 2 rings (SSSR count). The van der Waals surface area contributed by atoms with Crippen LogP contribution in [-0.4, -0.2) is 50.8 Å². The molecule has 82 valence electrons. The van der Waals surface area contributed by atoms with Gasteiger partial charge in [0.2, 0.25) is 0 Å². The second kappa shape index (κ2) is 3.16. The highest BCUT2D eigenvalue weighted by Crippen LogP contribution is 2.39. The lowest BCUT2D eigenvalue weighted by Gasteiger charge is -2.22. The molecule has 6 heteroatoms. The molecule has 0 saturated carbocycles. The third-order valence-electron chi connectivity index (χ3n) is 3.39. The van der Waals surface area contributed by atoms with Crippen molar-refractivity contribution in [3.63, 3.8) is 0 Å². The number of hydrogen-bond donors (Lipinski definition) is 1. The average molecular weight is 219 g/mol. The molecule has 0 aromatic heterocycles. The fourth-order valence-corrected chi connectivity index (χ4v) is 3.40. The van der Waals surface area contributed by atoms with Crippen molar-refractivity contribution in [3.05, 3.63) is 0 Å². The first-order valence-corrected chi connectivity index (χ1v) is 6.38. The summed E-state index contributed by atoms with van der Waals surface area (Å²) in [5.41, 5.74) is 0.182. The molecule has 0 radical (unpaired) electrons. The van der Waals surface area contributed by atoms with Crippen LogP contribution in [0.5, 0.6) is 0 Å². The molecule has 0 aromatic rings. The van der Waals surface area contributed by atoms with E-state index in [1.54, 1.807) is 0 Å². The standard InChI is InChI=1S/C8H17N3O2S/c1-10-4-2-8(6-10)3-5-11(7-8)14(9,12)13/h2-7H2,1H3,(H2,9,12,13). The van der Waals surface area contributed by atoms with Crippen LogP contribution in [-0.2, 0) is 10.2 Å². The van der Waals surface area contributed by atoms with Crippen LogP contribution < -0.4 is 5.14 Å². The average Bonchev–Trinajstić information content (AvgIpc) is 2.59. The number of nitrogens with zero attached hydrogens (tertiary/aromatic N) is 2. The molecule has 2 aliphatic rings. The van der Waals surface area contributed by atoms with E-state index in [0.717, 1.165) is 25.9 Å². The summed E-state index contributed by atoms with van der Waals surface area (Å²) in [6.07, 6.45) is 2.04. The lowest BCUT2D eigenvalue weighted by molar-refractivity contribution is 0.294. The quantitative estimate of drug-likeness (QED) is 0.629. The largest absolute Gasteiger partial charge is 0.306 e.